The summed E-state index contributed by atoms with van der Waals surface area (Å²) in [5.41, 5.74) is 3.99. The maximum atomic E-state index is 14.6. The molecule has 3 saturated carbocycles. The largest absolute Gasteiger partial charge is 0.498 e. The van der Waals surface area contributed by atoms with Crippen molar-refractivity contribution in [2.75, 3.05) is 14.7 Å². The van der Waals surface area contributed by atoms with E-state index in [2.05, 4.69) is 73.3 Å². The van der Waals surface area contributed by atoms with Crippen LogP contribution in [0.2, 0.25) is 0 Å². The number of fused-ring (bicyclic) bond motifs is 3. The molecule has 8 aromatic rings. The van der Waals surface area contributed by atoms with E-state index in [1.54, 1.807) is 97.2 Å². The Balaban J connectivity index is 0.000000138. The van der Waals surface area contributed by atoms with Crippen molar-refractivity contribution in [1.29, 1.82) is 0 Å². The van der Waals surface area contributed by atoms with Crippen LogP contribution in [-0.2, 0) is 71.0 Å². The van der Waals surface area contributed by atoms with Gasteiger partial charge in [0.15, 0.2) is 34.7 Å². The lowest BCUT2D eigenvalue weighted by Crippen LogP contribution is -2.50. The number of nitrogens with zero attached hydrogens (tertiary/aromatic N) is 9. The lowest BCUT2D eigenvalue weighted by atomic mass is 9.55. The van der Waals surface area contributed by atoms with Crippen LogP contribution in [0.4, 0.5) is 30.2 Å². The molecular formula is C84H102B3Br2F3N9O12. The van der Waals surface area contributed by atoms with Crippen molar-refractivity contribution in [3.8, 4) is 45.8 Å². The Morgan fingerprint density at radius 2 is 0.876 bits per heavy atom. The van der Waals surface area contributed by atoms with E-state index in [4.69, 9.17) is 37.5 Å². The summed E-state index contributed by atoms with van der Waals surface area (Å²) >= 11 is 6.66. The molecule has 0 bridgehead atoms. The van der Waals surface area contributed by atoms with Crippen molar-refractivity contribution in [3.63, 3.8) is 0 Å². The topological polar surface area (TPSA) is 216 Å². The van der Waals surface area contributed by atoms with Gasteiger partial charge in [-0.2, -0.15) is 0 Å². The van der Waals surface area contributed by atoms with Gasteiger partial charge in [0, 0.05) is 77.7 Å². The Bertz CT molecular complexity index is 4750. The van der Waals surface area contributed by atoms with Gasteiger partial charge in [0.25, 0.3) is 0 Å². The van der Waals surface area contributed by atoms with Crippen molar-refractivity contribution in [2.24, 2.45) is 31.8 Å². The van der Waals surface area contributed by atoms with Gasteiger partial charge in [-0.15, -0.1) is 10.2 Å². The predicted molar refractivity (Wildman–Crippen MR) is 438 cm³/mol. The summed E-state index contributed by atoms with van der Waals surface area (Å²) in [6.07, 6.45) is 14.1. The lowest BCUT2D eigenvalue weighted by Gasteiger charge is -2.37. The number of para-hydroxylation sites is 3. The third kappa shape index (κ3) is 19.0. The number of aromatic nitrogens is 6. The highest BCUT2D eigenvalue weighted by Gasteiger charge is 2.55. The second-order valence-corrected chi connectivity index (χ2v) is 35.2. The molecule has 8 aliphatic rings. The summed E-state index contributed by atoms with van der Waals surface area (Å²) in [4.78, 5) is 44.7. The van der Waals surface area contributed by atoms with Crippen LogP contribution in [0.5, 0.6) is 34.5 Å². The van der Waals surface area contributed by atoms with E-state index in [0.717, 1.165) is 125 Å². The van der Waals surface area contributed by atoms with Gasteiger partial charge in [-0.25, -0.2) is 13.2 Å². The van der Waals surface area contributed by atoms with Gasteiger partial charge >= 0.3 is 21.5 Å². The Morgan fingerprint density at radius 1 is 0.504 bits per heavy atom. The highest BCUT2D eigenvalue weighted by Crippen LogP contribution is 2.50. The van der Waals surface area contributed by atoms with Crippen molar-refractivity contribution in [2.45, 2.75) is 233 Å². The predicted octanol–water partition coefficient (Wildman–Crippen LogP) is 17.3. The second kappa shape index (κ2) is 33.7. The fourth-order valence-electron chi connectivity index (χ4n) is 13.7. The van der Waals surface area contributed by atoms with Crippen LogP contribution < -0.4 is 34.4 Å². The van der Waals surface area contributed by atoms with Crippen LogP contribution in [0, 0.1) is 35.2 Å². The molecule has 7 heterocycles. The van der Waals surface area contributed by atoms with E-state index in [9.17, 15) is 32.7 Å². The van der Waals surface area contributed by atoms with Gasteiger partial charge in [0.1, 0.15) is 27.5 Å². The fourth-order valence-corrected chi connectivity index (χ4v) is 14.5. The molecule has 1 radical (unpaired) electrons. The van der Waals surface area contributed by atoms with Gasteiger partial charge in [-0.3, -0.25) is 23.7 Å². The highest BCUT2D eigenvalue weighted by molar-refractivity contribution is 9.10. The summed E-state index contributed by atoms with van der Waals surface area (Å²) in [5.74, 6) is 1.80. The molecule has 0 spiro atoms. The molecule has 3 atom stereocenters. The average Bonchev–Trinajstić information content (AvgIpc) is 1.73. The van der Waals surface area contributed by atoms with E-state index in [-0.39, 0.29) is 82.1 Å². The van der Waals surface area contributed by atoms with E-state index >= 15 is 0 Å². The van der Waals surface area contributed by atoms with Crippen molar-refractivity contribution >= 4 is 93.6 Å². The summed E-state index contributed by atoms with van der Waals surface area (Å²) in [6.45, 7) is 29.3. The van der Waals surface area contributed by atoms with Crippen molar-refractivity contribution in [3.05, 3.63) is 165 Å². The van der Waals surface area contributed by atoms with E-state index in [1.807, 2.05) is 127 Å². The van der Waals surface area contributed by atoms with Gasteiger partial charge < -0.3 is 57.3 Å². The molecule has 29 heteroatoms. The quantitative estimate of drug-likeness (QED) is 0.0944. The molecule has 3 aliphatic carbocycles. The molecule has 21 nitrogen and oxygen atoms in total. The molecule has 2 aromatic heterocycles. The van der Waals surface area contributed by atoms with Gasteiger partial charge in [0.2, 0.25) is 17.7 Å². The molecule has 16 rings (SSSR count). The molecule has 1 N–H and O–H groups in total. The molecule has 2 saturated heterocycles. The normalized spacial score (nSPS) is 20.3. The fraction of sp³-hybridized carbons (Fsp3) is 0.488. The first kappa shape index (κ1) is 84.5. The van der Waals surface area contributed by atoms with Crippen LogP contribution in [0.15, 0.2) is 131 Å². The maximum Gasteiger partial charge on any atom is 0.498 e. The number of hydrogen-bond acceptors (Lipinski definition) is 16. The Hall–Kier alpha value is -7.89. The van der Waals surface area contributed by atoms with E-state index in [0.29, 0.717) is 28.4 Å². The van der Waals surface area contributed by atoms with Crippen LogP contribution in [0.25, 0.3) is 11.3 Å². The molecular weight excluding hydrogens is 1580 g/mol. The molecule has 113 heavy (non-hydrogen) atoms. The highest BCUT2D eigenvalue weighted by atomic mass is 79.9. The SMILES string of the molecule is CC(C)(O)C(C)(C)O[B]B1OC(C)(C)C(C)(C)O1.C[C@H]1CCc2c(ccc(-c3cn(C)nn3)c2Oc2ccccc2F)N1C(=O)C1CC1.C[C@H]1CCc2c(ccc(B3OC(C)(C)C(C)(C)O3)c2Oc2ccccc2F)N1C(=O)C1CC1.C[C@H]1CCc2c(ccc(Br)c2Oc2ccccc2F)N1C(=O)C1CC1.Cn1cc(Br)nn1. The number of rotatable bonds is 15. The first-order chi connectivity index (χ1) is 53.2. The first-order valence-corrected chi connectivity index (χ1v) is 40.6. The summed E-state index contributed by atoms with van der Waals surface area (Å²) in [5, 5.41) is 25.5. The first-order valence-electron chi connectivity index (χ1n) is 39.0. The summed E-state index contributed by atoms with van der Waals surface area (Å²) in [7, 11) is 3.96. The summed E-state index contributed by atoms with van der Waals surface area (Å²) in [6, 6.07) is 31.0. The van der Waals surface area contributed by atoms with Gasteiger partial charge in [0.05, 0.1) is 67.5 Å². The zero-order valence-corrected chi connectivity index (χ0v) is 70.8. The van der Waals surface area contributed by atoms with Crippen LogP contribution in [0.3, 0.4) is 0 Å². The van der Waals surface area contributed by atoms with Gasteiger partial charge in [-0.05, 0) is 279 Å². The minimum absolute atomic E-state index is 0.106. The number of benzene rings is 6. The van der Waals surface area contributed by atoms with E-state index in [1.165, 1.54) is 25.6 Å². The lowest BCUT2D eigenvalue weighted by molar-refractivity contribution is -0.121. The molecule has 6 aromatic carbocycles. The number of carbonyl (C=O) groups is 3. The number of carbonyl (C=O) groups excluding carboxylic acids is 3. The average molecular weight is 1680 g/mol. The Morgan fingerprint density at radius 3 is 1.26 bits per heavy atom. The molecule has 0 unspecified atom stereocenters. The Labute approximate surface area is 679 Å². The maximum absolute atomic E-state index is 14.6. The van der Waals surface area contributed by atoms with E-state index < -0.39 is 54.0 Å². The summed E-state index contributed by atoms with van der Waals surface area (Å²) < 4.78 is 96.0. The standard InChI is InChI=1S/C26H31BFNO4.C23H23FN4O2.C20H19BrFNO2.C12H25B2O4.C3H4BrN3/c1-16-10-13-18-21(29(16)24(30)17-11-12-17)15-14-19(27-32-25(2,3)26(4,5)33-27)23(18)31-22-9-7-6-8-20(22)28;1-14-7-10-17-20(28(14)23(29)15-8-9-15)12-11-16(19-13-27(2)26-25-19)22(17)30-21-6-4-3-5-18(21)24;1-12-6-9-14-17(23(12)20(24)13-7-8-13)11-10-15(21)19(14)25-18-5-3-2-4-16(18)22;1-9(2,15)10(3,4)16-13-14-17-11(5,6)12(7,8)18-14;1-7-2-3(4)5-6-7/h6-9,14-17H,10-13H2,1-5H3;3-6,11-15H,7-10H2,1-2H3;2-5,10-13H,6-9H2,1H3;15H,1-8H3;2H,1H3/t16-;14-;12-;;/m000../s1. The molecule has 5 aliphatic heterocycles. The van der Waals surface area contributed by atoms with Crippen molar-refractivity contribution in [1.82, 2.24) is 30.0 Å². The monoisotopic (exact) mass is 1680 g/mol. The zero-order chi connectivity index (χ0) is 81.6. The van der Waals surface area contributed by atoms with Gasteiger partial charge in [-0.1, -0.05) is 52.9 Å². The Kier molecular flexibility index (Phi) is 25.2. The number of aliphatic hydroxyl groups is 1. The number of aryl methyl sites for hydroxylation is 2. The second-order valence-electron chi connectivity index (χ2n) is 33.5. The molecule has 599 valence electrons. The third-order valence-corrected chi connectivity index (χ3v) is 24.0. The number of halogens is 5. The van der Waals surface area contributed by atoms with Crippen LogP contribution >= 0.6 is 31.9 Å². The zero-order valence-electron chi connectivity index (χ0n) is 67.6. The number of amides is 3. The van der Waals surface area contributed by atoms with Crippen molar-refractivity contribution < 1.29 is 70.1 Å². The smallest absolute Gasteiger partial charge is 0.454 e. The number of ether oxygens (including phenoxy) is 3. The van der Waals surface area contributed by atoms with Crippen LogP contribution in [-0.4, -0.2) is 126 Å². The van der Waals surface area contributed by atoms with Crippen LogP contribution in [0.1, 0.15) is 178 Å². The number of anilines is 3. The molecule has 5 fully saturated rings. The minimum atomic E-state index is -0.951. The third-order valence-electron chi connectivity index (χ3n) is 23.0. The molecule has 3 amide bonds. The minimum Gasteiger partial charge on any atom is -0.454 e. The number of hydrogen-bond donors (Lipinski definition) is 1.